The molecule has 1 aromatic heterocycles. The molecule has 0 radical (unpaired) electrons. The number of fused-ring (bicyclic) bond motifs is 2. The lowest BCUT2D eigenvalue weighted by atomic mass is 10.2. The molecule has 92 valence electrons. The molecule has 2 N–H and O–H groups in total. The van der Waals surface area contributed by atoms with Crippen LogP contribution in [0.2, 0.25) is 5.02 Å². The highest BCUT2D eigenvalue weighted by atomic mass is 35.5. The molecule has 2 fully saturated rings. The molecule has 0 amide bonds. The fourth-order valence-corrected chi connectivity index (χ4v) is 3.02. The number of nitrogens with two attached hydrogens (primary N) is 1. The second-order valence-corrected chi connectivity index (χ2v) is 5.43. The number of halogens is 1. The van der Waals surface area contributed by atoms with Crippen LogP contribution in [-0.2, 0) is 0 Å². The van der Waals surface area contributed by atoms with Crippen LogP contribution in [0.25, 0.3) is 0 Å². The first-order valence-electron chi connectivity index (χ1n) is 6.03. The van der Waals surface area contributed by atoms with Crippen molar-refractivity contribution >= 4 is 23.1 Å². The van der Waals surface area contributed by atoms with Gasteiger partial charge in [-0.05, 0) is 19.9 Å². The number of rotatable bonds is 1. The number of pyridine rings is 1. The number of anilines is 2. The molecule has 0 aromatic carbocycles. The quantitative estimate of drug-likeness (QED) is 0.825. The average molecular weight is 253 g/mol. The summed E-state index contributed by atoms with van der Waals surface area (Å²) in [4.78, 5) is 9.20. The molecule has 0 saturated carbocycles. The van der Waals surface area contributed by atoms with E-state index >= 15 is 0 Å². The van der Waals surface area contributed by atoms with Crippen molar-refractivity contribution in [2.45, 2.75) is 24.9 Å². The van der Waals surface area contributed by atoms with E-state index in [9.17, 15) is 0 Å². The lowest BCUT2D eigenvalue weighted by molar-refractivity contribution is 0.212. The zero-order chi connectivity index (χ0) is 12.0. The minimum atomic E-state index is 0.533. The van der Waals surface area contributed by atoms with Gasteiger partial charge < -0.3 is 10.6 Å². The van der Waals surface area contributed by atoms with Gasteiger partial charge in [-0.15, -0.1) is 0 Å². The molecule has 4 nitrogen and oxygen atoms in total. The van der Waals surface area contributed by atoms with E-state index in [1.54, 1.807) is 6.20 Å². The van der Waals surface area contributed by atoms with E-state index in [1.165, 1.54) is 12.8 Å². The summed E-state index contributed by atoms with van der Waals surface area (Å²) in [6, 6.07) is 3.20. The average Bonchev–Trinajstić information content (AvgIpc) is 2.55. The number of nitrogens with zero attached hydrogens (tertiary/aromatic N) is 3. The molecule has 2 aliphatic heterocycles. The molecule has 5 heteroatoms. The molecule has 1 aromatic rings. The summed E-state index contributed by atoms with van der Waals surface area (Å²) in [5.41, 5.74) is 6.44. The minimum Gasteiger partial charge on any atom is -0.397 e. The minimum absolute atomic E-state index is 0.533. The highest BCUT2D eigenvalue weighted by Crippen LogP contribution is 2.31. The van der Waals surface area contributed by atoms with Gasteiger partial charge in [0.15, 0.2) is 0 Å². The highest BCUT2D eigenvalue weighted by molar-refractivity contribution is 6.32. The molecule has 2 atom stereocenters. The zero-order valence-electron chi connectivity index (χ0n) is 9.93. The molecule has 0 unspecified atom stereocenters. The summed E-state index contributed by atoms with van der Waals surface area (Å²) in [5, 5.41) is 0.533. The molecule has 17 heavy (non-hydrogen) atoms. The van der Waals surface area contributed by atoms with Gasteiger partial charge in [0.25, 0.3) is 0 Å². The van der Waals surface area contributed by atoms with Gasteiger partial charge in [-0.3, -0.25) is 4.90 Å². The van der Waals surface area contributed by atoms with Crippen LogP contribution in [0.5, 0.6) is 0 Å². The number of aromatic nitrogens is 1. The fourth-order valence-electron chi connectivity index (χ4n) is 2.92. The molecular weight excluding hydrogens is 236 g/mol. The van der Waals surface area contributed by atoms with Crippen molar-refractivity contribution in [1.82, 2.24) is 9.88 Å². The molecule has 0 spiro atoms. The van der Waals surface area contributed by atoms with Gasteiger partial charge >= 0.3 is 0 Å². The Kier molecular flexibility index (Phi) is 2.64. The Balaban J connectivity index is 1.84. The van der Waals surface area contributed by atoms with Crippen LogP contribution in [0.1, 0.15) is 12.8 Å². The van der Waals surface area contributed by atoms with Gasteiger partial charge in [0.2, 0.25) is 0 Å². The van der Waals surface area contributed by atoms with Gasteiger partial charge in [0.1, 0.15) is 5.82 Å². The van der Waals surface area contributed by atoms with Gasteiger partial charge in [0, 0.05) is 37.4 Å². The Bertz CT molecular complexity index is 423. The highest BCUT2D eigenvalue weighted by Gasteiger charge is 2.37. The second-order valence-electron chi connectivity index (χ2n) is 5.02. The van der Waals surface area contributed by atoms with E-state index in [4.69, 9.17) is 17.3 Å². The standard InChI is InChI=1S/C12H17ClN4/c1-16-8-2-3-9(16)7-17(6-8)12-4-11(14)10(13)5-15-12/h4-5,8-9H,2-3,6-7H2,1H3,(H2,14,15)/t8-,9+. The maximum atomic E-state index is 5.90. The normalized spacial score (nSPS) is 28.7. The van der Waals surface area contributed by atoms with Crippen molar-refractivity contribution in [3.05, 3.63) is 17.3 Å². The smallest absolute Gasteiger partial charge is 0.130 e. The van der Waals surface area contributed by atoms with E-state index in [-0.39, 0.29) is 0 Å². The molecule has 3 heterocycles. The number of hydrogen-bond acceptors (Lipinski definition) is 4. The lowest BCUT2D eigenvalue weighted by Gasteiger charge is -2.39. The third kappa shape index (κ3) is 1.85. The first-order chi connectivity index (χ1) is 8.15. The Hall–Kier alpha value is -1.00. The van der Waals surface area contributed by atoms with Crippen molar-refractivity contribution in [2.75, 3.05) is 30.8 Å². The largest absolute Gasteiger partial charge is 0.397 e. The summed E-state index contributed by atoms with van der Waals surface area (Å²) in [5.74, 6) is 0.955. The summed E-state index contributed by atoms with van der Waals surface area (Å²) < 4.78 is 0. The van der Waals surface area contributed by atoms with E-state index in [0.717, 1.165) is 18.9 Å². The third-order valence-corrected chi connectivity index (χ3v) is 4.36. The van der Waals surface area contributed by atoms with Crippen molar-refractivity contribution in [3.8, 4) is 0 Å². The van der Waals surface area contributed by atoms with Crippen LogP contribution >= 0.6 is 11.6 Å². The zero-order valence-corrected chi connectivity index (χ0v) is 10.7. The maximum Gasteiger partial charge on any atom is 0.130 e. The van der Waals surface area contributed by atoms with Crippen LogP contribution in [0, 0.1) is 0 Å². The van der Waals surface area contributed by atoms with Gasteiger partial charge in [-0.2, -0.15) is 0 Å². The first-order valence-corrected chi connectivity index (χ1v) is 6.41. The monoisotopic (exact) mass is 252 g/mol. The molecule has 2 saturated heterocycles. The molecule has 2 bridgehead atoms. The van der Waals surface area contributed by atoms with Crippen molar-refractivity contribution in [2.24, 2.45) is 0 Å². The number of likely N-dealkylation sites (N-methyl/N-ethyl adjacent to an activating group) is 1. The Morgan fingerprint density at radius 2 is 2.00 bits per heavy atom. The first kappa shape index (κ1) is 11.1. The predicted octanol–water partition coefficient (Wildman–Crippen LogP) is 1.60. The number of nitrogen functional groups attached to an aromatic ring is 1. The van der Waals surface area contributed by atoms with E-state index in [0.29, 0.717) is 22.8 Å². The maximum absolute atomic E-state index is 5.90. The second kappa shape index (κ2) is 4.03. The van der Waals surface area contributed by atoms with Crippen molar-refractivity contribution < 1.29 is 0 Å². The van der Waals surface area contributed by atoms with E-state index < -0.39 is 0 Å². The number of piperazine rings is 1. The Morgan fingerprint density at radius 3 is 2.59 bits per heavy atom. The topological polar surface area (TPSA) is 45.4 Å². The SMILES string of the molecule is CN1[C@@H]2CC[C@H]1CN(c1cc(N)c(Cl)cn1)C2. The Labute approximate surface area is 106 Å². The van der Waals surface area contributed by atoms with Crippen LogP contribution in [0.15, 0.2) is 12.3 Å². The molecule has 3 rings (SSSR count). The van der Waals surface area contributed by atoms with Gasteiger partial charge in [-0.1, -0.05) is 11.6 Å². The lowest BCUT2D eigenvalue weighted by Crippen LogP contribution is -2.52. The van der Waals surface area contributed by atoms with E-state index in [2.05, 4.69) is 21.8 Å². The van der Waals surface area contributed by atoms with Crippen LogP contribution in [-0.4, -0.2) is 42.1 Å². The third-order valence-electron chi connectivity index (χ3n) is 4.04. The predicted molar refractivity (Wildman–Crippen MR) is 70.4 cm³/mol. The Morgan fingerprint density at radius 1 is 1.35 bits per heavy atom. The van der Waals surface area contributed by atoms with Crippen LogP contribution in [0.3, 0.4) is 0 Å². The van der Waals surface area contributed by atoms with Gasteiger partial charge in [0.05, 0.1) is 10.7 Å². The summed E-state index contributed by atoms with van der Waals surface area (Å²) in [6.45, 7) is 2.09. The fraction of sp³-hybridized carbons (Fsp3) is 0.583. The van der Waals surface area contributed by atoms with Crippen molar-refractivity contribution in [3.63, 3.8) is 0 Å². The molecule has 0 aliphatic carbocycles. The summed E-state index contributed by atoms with van der Waals surface area (Å²) in [6.07, 6.45) is 4.23. The van der Waals surface area contributed by atoms with Gasteiger partial charge in [-0.25, -0.2) is 4.98 Å². The van der Waals surface area contributed by atoms with Crippen LogP contribution < -0.4 is 10.6 Å². The number of hydrogen-bond donors (Lipinski definition) is 1. The van der Waals surface area contributed by atoms with E-state index in [1.807, 2.05) is 6.07 Å². The molecule has 2 aliphatic rings. The summed E-state index contributed by atoms with van der Waals surface area (Å²) >= 11 is 5.90. The summed E-state index contributed by atoms with van der Waals surface area (Å²) in [7, 11) is 2.23. The van der Waals surface area contributed by atoms with Crippen LogP contribution in [0.4, 0.5) is 11.5 Å². The molecular formula is C12H17ClN4. The van der Waals surface area contributed by atoms with Crippen molar-refractivity contribution in [1.29, 1.82) is 0 Å².